The van der Waals surface area contributed by atoms with E-state index in [9.17, 15) is 36.2 Å². The minimum atomic E-state index is -5.04. The molecule has 0 aliphatic heterocycles. The van der Waals surface area contributed by atoms with Gasteiger partial charge >= 0.3 is 0 Å². The number of nitrogens with zero attached hydrogens (tertiary/aromatic N) is 2. The fraction of sp³-hybridized carbons (Fsp3) is 0. The van der Waals surface area contributed by atoms with Crippen molar-refractivity contribution in [2.75, 3.05) is 0 Å². The van der Waals surface area contributed by atoms with E-state index in [1.165, 1.54) is 12.1 Å². The van der Waals surface area contributed by atoms with Gasteiger partial charge in [-0.3, -0.25) is 9.11 Å². The van der Waals surface area contributed by atoms with Crippen molar-refractivity contribution in [3.63, 3.8) is 0 Å². The van der Waals surface area contributed by atoms with Gasteiger partial charge in [-0.25, -0.2) is 11.1 Å². The summed E-state index contributed by atoms with van der Waals surface area (Å²) in [5.74, 6) is -1.18. The minimum absolute atomic E-state index is 0.0255. The molecular weight excluding hydrogens is 952 g/mol. The Morgan fingerprint density at radius 1 is 0.500 bits per heavy atom. The van der Waals surface area contributed by atoms with Crippen molar-refractivity contribution in [1.29, 1.82) is 11.1 Å². The molecule has 0 aliphatic rings. The molecule has 0 spiro atoms. The molecule has 0 bridgehead atoms. The van der Waals surface area contributed by atoms with Gasteiger partial charge in [0.1, 0.15) is 21.2 Å². The van der Waals surface area contributed by atoms with Crippen molar-refractivity contribution in [3.8, 4) is 44.9 Å². The maximum absolute atomic E-state index is 12.7. The summed E-state index contributed by atoms with van der Waals surface area (Å²) in [6.45, 7) is 0. The van der Waals surface area contributed by atoms with Gasteiger partial charge in [0, 0.05) is 50.9 Å². The highest BCUT2D eigenvalue weighted by Gasteiger charge is 2.32. The summed E-state index contributed by atoms with van der Waals surface area (Å²) in [4.78, 5) is -1.52. The maximum atomic E-state index is 12.7. The van der Waals surface area contributed by atoms with Gasteiger partial charge in [-0.15, -0.1) is 0 Å². The predicted molar refractivity (Wildman–Crippen MR) is 201 cm³/mol. The molecule has 6 aromatic rings. The number of phenols is 2. The Morgan fingerprint density at radius 3 is 1.04 bits per heavy atom. The molecule has 0 amide bonds. The summed E-state index contributed by atoms with van der Waals surface area (Å²) in [7, 11) is -10.1. The normalized spacial score (nSPS) is 12.0. The zero-order chi connectivity index (χ0) is 36.4. The van der Waals surface area contributed by atoms with E-state index in [0.29, 0.717) is 29.0 Å². The highest BCUT2D eigenvalue weighted by molar-refractivity contribution is 9.11. The lowest BCUT2D eigenvalue weighted by atomic mass is 9.93. The average molecular weight is 970 g/mol. The summed E-state index contributed by atoms with van der Waals surface area (Å²) < 4.78 is 72.9. The Labute approximate surface area is 317 Å². The zero-order valence-electron chi connectivity index (χ0n) is 24.6. The van der Waals surface area contributed by atoms with E-state index in [1.807, 2.05) is 0 Å². The molecule has 0 radical (unpaired) electrons. The Morgan fingerprint density at radius 2 is 0.780 bits per heavy atom. The van der Waals surface area contributed by atoms with Gasteiger partial charge in [0.15, 0.2) is 11.5 Å². The van der Waals surface area contributed by atoms with E-state index >= 15 is 0 Å². The van der Waals surface area contributed by atoms with E-state index in [0.717, 1.165) is 0 Å². The summed E-state index contributed by atoms with van der Waals surface area (Å²) in [5.41, 5.74) is 15.6. The van der Waals surface area contributed by atoms with Crippen molar-refractivity contribution in [1.82, 2.24) is 0 Å². The van der Waals surface area contributed by atoms with Crippen molar-refractivity contribution in [2.45, 2.75) is 9.79 Å². The fourth-order valence-corrected chi connectivity index (χ4v) is 10.8. The average Bonchev–Trinajstić information content (AvgIpc) is 3.04. The van der Waals surface area contributed by atoms with Crippen LogP contribution in [-0.4, -0.2) is 36.2 Å². The molecule has 6 N–H and O–H groups in total. The molecule has 50 heavy (non-hydrogen) atoms. The second-order valence-corrected chi connectivity index (χ2v) is 16.8. The Hall–Kier alpha value is -3.62. The Bertz CT molecular complexity index is 2490. The van der Waals surface area contributed by atoms with Crippen LogP contribution in [0.2, 0.25) is 0 Å². The maximum Gasteiger partial charge on any atom is 0.297 e. The first-order chi connectivity index (χ1) is 23.5. The fourth-order valence-electron chi connectivity index (χ4n) is 5.93. The third-order valence-electron chi connectivity index (χ3n) is 7.89. The van der Waals surface area contributed by atoms with Gasteiger partial charge in [0.05, 0.1) is 0 Å². The predicted octanol–water partition coefficient (Wildman–Crippen LogP) is 11.3. The number of rotatable bonds is 7. The quantitative estimate of drug-likeness (QED) is 0.0665. The van der Waals surface area contributed by atoms with Crippen molar-refractivity contribution in [2.24, 2.45) is 10.2 Å². The van der Waals surface area contributed by atoms with E-state index in [-0.39, 0.29) is 43.8 Å². The monoisotopic (exact) mass is 966 g/mol. The molecule has 254 valence electrons. The van der Waals surface area contributed by atoms with Crippen molar-refractivity contribution in [3.05, 3.63) is 90.7 Å². The lowest BCUT2D eigenvalue weighted by molar-refractivity contribution is 0.472. The van der Waals surface area contributed by atoms with E-state index in [4.69, 9.17) is 11.1 Å². The van der Waals surface area contributed by atoms with Crippen LogP contribution in [0.4, 0.5) is 11.4 Å². The molecule has 0 saturated carbocycles. The Balaban J connectivity index is 1.62. The van der Waals surface area contributed by atoms with E-state index in [1.54, 1.807) is 60.7 Å². The van der Waals surface area contributed by atoms with Crippen LogP contribution in [-0.2, 0) is 20.2 Å². The van der Waals surface area contributed by atoms with E-state index < -0.39 is 52.9 Å². The molecule has 6 rings (SSSR count). The smallest absolute Gasteiger partial charge is 0.297 e. The number of hydrogen-bond donors (Lipinski definition) is 6. The first-order valence-electron chi connectivity index (χ1n) is 13.8. The first-order valence-corrected chi connectivity index (χ1v) is 19.8. The van der Waals surface area contributed by atoms with Crippen LogP contribution >= 0.6 is 63.7 Å². The Kier molecular flexibility index (Phi) is 9.53. The van der Waals surface area contributed by atoms with Gasteiger partial charge in [-0.2, -0.15) is 27.1 Å². The van der Waals surface area contributed by atoms with Crippen LogP contribution in [0.1, 0.15) is 0 Å². The van der Waals surface area contributed by atoms with Crippen LogP contribution in [0.5, 0.6) is 11.5 Å². The zero-order valence-corrected chi connectivity index (χ0v) is 32.5. The second kappa shape index (κ2) is 13.2. The molecule has 0 atom stereocenters. The van der Waals surface area contributed by atoms with Crippen molar-refractivity contribution < 1.29 is 36.2 Å². The minimum Gasteiger partial charge on any atom is -0.505 e. The van der Waals surface area contributed by atoms with Gasteiger partial charge < -0.3 is 10.2 Å². The number of benzene rings is 6. The van der Waals surface area contributed by atoms with Gasteiger partial charge in [0.25, 0.3) is 20.2 Å². The SMILES string of the molecule is N=Nc1c(S(=O)(=O)O)c(-c2c(Br)cc(-c3cc(Br)c(-c4c(S(=O)(=O)O)c(N=N)c(O)c5ccccc45)c(Br)c3)cc2Br)c2ccccc2c1O. The molecule has 0 heterocycles. The summed E-state index contributed by atoms with van der Waals surface area (Å²) in [6, 6.07) is 19.3. The first kappa shape index (κ1) is 36.2. The number of halogens is 4. The number of hydrogen-bond acceptors (Lipinski definition) is 10. The topological polar surface area (TPSA) is 222 Å². The third kappa shape index (κ3) is 5.96. The van der Waals surface area contributed by atoms with Crippen LogP contribution in [0, 0.1) is 11.1 Å². The van der Waals surface area contributed by atoms with Crippen molar-refractivity contribution >= 4 is 117 Å². The lowest BCUT2D eigenvalue weighted by Gasteiger charge is -2.20. The van der Waals surface area contributed by atoms with Crippen LogP contribution in [0.15, 0.2) is 111 Å². The molecule has 6 aromatic carbocycles. The highest BCUT2D eigenvalue weighted by Crippen LogP contribution is 2.53. The summed E-state index contributed by atoms with van der Waals surface area (Å²) in [5, 5.41) is 29.0. The number of nitrogens with one attached hydrogen (secondary N) is 2. The highest BCUT2D eigenvalue weighted by atomic mass is 79.9. The molecule has 0 aliphatic carbocycles. The standard InChI is InChI=1S/C32H18Br4N4O8S2/c33-19-9-13(10-20(34)25(19)23-15-5-1-3-7-17(15)29(41)27(39-37)31(23)49(43,44)45)14-11-21(35)26(22(36)12-14)24-16-6-2-4-8-18(16)30(42)28(40-38)32(24)50(46,47)48/h1-12,37-38,41-42H,(H,43,44,45)(H,46,47,48). The molecular formula is C32H18Br4N4O8S2. The number of phenolic OH excluding ortho intramolecular Hbond substituents is 2. The van der Waals surface area contributed by atoms with Crippen LogP contribution < -0.4 is 0 Å². The lowest BCUT2D eigenvalue weighted by Crippen LogP contribution is -2.04. The van der Waals surface area contributed by atoms with Gasteiger partial charge in [-0.1, -0.05) is 112 Å². The molecule has 12 nitrogen and oxygen atoms in total. The van der Waals surface area contributed by atoms with Crippen LogP contribution in [0.25, 0.3) is 54.9 Å². The molecule has 0 fully saturated rings. The molecule has 0 saturated heterocycles. The summed E-state index contributed by atoms with van der Waals surface area (Å²) in [6.07, 6.45) is 0. The summed E-state index contributed by atoms with van der Waals surface area (Å²) >= 11 is 14.1. The van der Waals surface area contributed by atoms with Crippen LogP contribution in [0.3, 0.4) is 0 Å². The van der Waals surface area contributed by atoms with Gasteiger partial charge in [-0.05, 0) is 46.2 Å². The number of fused-ring (bicyclic) bond motifs is 2. The molecule has 0 aromatic heterocycles. The second-order valence-electron chi connectivity index (χ2n) is 10.7. The number of aromatic hydroxyl groups is 2. The molecule has 0 unspecified atom stereocenters. The van der Waals surface area contributed by atoms with Gasteiger partial charge in [0.2, 0.25) is 0 Å². The van der Waals surface area contributed by atoms with E-state index in [2.05, 4.69) is 73.9 Å². The molecule has 18 heteroatoms. The third-order valence-corrected chi connectivity index (χ3v) is 12.2. The largest absolute Gasteiger partial charge is 0.505 e.